The molecular weight excluding hydrogens is 353 g/mol. The zero-order valence-corrected chi connectivity index (χ0v) is 14.9. The number of amides is 4. The van der Waals surface area contributed by atoms with E-state index in [0.717, 1.165) is 4.90 Å². The van der Waals surface area contributed by atoms with Crippen molar-refractivity contribution < 1.29 is 14.4 Å². The Morgan fingerprint density at radius 3 is 2.62 bits per heavy atom. The molecule has 0 aliphatic carbocycles. The third-order valence-corrected chi connectivity index (χ3v) is 4.60. The third-order valence-electron chi connectivity index (χ3n) is 3.86. The number of nitrogens with one attached hydrogen (secondary N) is 2. The van der Waals surface area contributed by atoms with Crippen molar-refractivity contribution in [1.29, 1.82) is 0 Å². The maximum absolute atomic E-state index is 12.1. The fraction of sp³-hybridized carbons (Fsp3) is 0.438. The number of halogens is 2. The highest BCUT2D eigenvalue weighted by Gasteiger charge is 2.32. The summed E-state index contributed by atoms with van der Waals surface area (Å²) in [5.74, 6) is -0.394. The molecule has 0 radical (unpaired) electrons. The van der Waals surface area contributed by atoms with E-state index in [2.05, 4.69) is 10.6 Å². The number of urea groups is 1. The predicted octanol–water partition coefficient (Wildman–Crippen LogP) is 2.69. The fourth-order valence-electron chi connectivity index (χ4n) is 2.35. The summed E-state index contributed by atoms with van der Waals surface area (Å²) in [6.07, 6.45) is 0.268. The van der Waals surface area contributed by atoms with Crippen LogP contribution in [0.4, 0.5) is 4.79 Å². The van der Waals surface area contributed by atoms with Gasteiger partial charge < -0.3 is 10.6 Å². The summed E-state index contributed by atoms with van der Waals surface area (Å²) in [5, 5.41) is 6.11. The second-order valence-electron chi connectivity index (χ2n) is 5.93. The molecule has 2 rings (SSSR count). The SMILES string of the molecule is CC(C)[C@@H]1CC(=O)N(CCNC(=O)c2ccc(Cl)c(Cl)c2)C(=O)N1. The highest BCUT2D eigenvalue weighted by atomic mass is 35.5. The number of imide groups is 1. The van der Waals surface area contributed by atoms with Gasteiger partial charge in [0.2, 0.25) is 5.91 Å². The predicted molar refractivity (Wildman–Crippen MR) is 92.3 cm³/mol. The minimum atomic E-state index is -0.422. The summed E-state index contributed by atoms with van der Waals surface area (Å²) in [5.41, 5.74) is 0.360. The molecule has 1 aromatic carbocycles. The molecule has 1 aromatic rings. The van der Waals surface area contributed by atoms with E-state index in [1.807, 2.05) is 13.8 Å². The molecule has 1 fully saturated rings. The number of carbonyl (C=O) groups is 3. The lowest BCUT2D eigenvalue weighted by Gasteiger charge is -2.33. The Labute approximate surface area is 150 Å². The number of hydrogen-bond acceptors (Lipinski definition) is 3. The molecule has 0 spiro atoms. The maximum Gasteiger partial charge on any atom is 0.324 e. The van der Waals surface area contributed by atoms with Crippen molar-refractivity contribution in [1.82, 2.24) is 15.5 Å². The van der Waals surface area contributed by atoms with Crippen LogP contribution in [0, 0.1) is 5.92 Å². The van der Waals surface area contributed by atoms with Gasteiger partial charge in [-0.15, -0.1) is 0 Å². The summed E-state index contributed by atoms with van der Waals surface area (Å²) in [6.45, 7) is 4.17. The number of nitrogens with zero attached hydrogens (tertiary/aromatic N) is 1. The molecule has 1 aliphatic rings. The standard InChI is InChI=1S/C16H19Cl2N3O3/c1-9(2)13-8-14(22)21(16(24)20-13)6-5-19-15(23)10-3-4-11(17)12(18)7-10/h3-4,7,9,13H,5-6,8H2,1-2H3,(H,19,23)(H,20,24)/t13-/m0/s1. The van der Waals surface area contributed by atoms with Gasteiger partial charge in [0, 0.05) is 31.1 Å². The maximum atomic E-state index is 12.1. The van der Waals surface area contributed by atoms with Crippen molar-refractivity contribution in [2.24, 2.45) is 5.92 Å². The third kappa shape index (κ3) is 4.39. The van der Waals surface area contributed by atoms with Gasteiger partial charge in [0.1, 0.15) is 0 Å². The van der Waals surface area contributed by atoms with Gasteiger partial charge in [-0.3, -0.25) is 14.5 Å². The van der Waals surface area contributed by atoms with E-state index in [9.17, 15) is 14.4 Å². The summed E-state index contributed by atoms with van der Waals surface area (Å²) >= 11 is 11.7. The van der Waals surface area contributed by atoms with Crippen molar-refractivity contribution in [3.05, 3.63) is 33.8 Å². The molecule has 0 saturated carbocycles. The van der Waals surface area contributed by atoms with Crippen LogP contribution in [0.25, 0.3) is 0 Å². The van der Waals surface area contributed by atoms with E-state index in [1.165, 1.54) is 12.1 Å². The Hall–Kier alpha value is -1.79. The average molecular weight is 372 g/mol. The van der Waals surface area contributed by atoms with Crippen LogP contribution in [-0.4, -0.2) is 41.9 Å². The molecule has 8 heteroatoms. The summed E-state index contributed by atoms with van der Waals surface area (Å²) in [6, 6.07) is 3.98. The Bertz CT molecular complexity index is 646. The first kappa shape index (κ1) is 18.5. The van der Waals surface area contributed by atoms with Gasteiger partial charge in [-0.05, 0) is 24.1 Å². The topological polar surface area (TPSA) is 78.5 Å². The first-order valence-corrected chi connectivity index (χ1v) is 8.39. The molecule has 0 aromatic heterocycles. The Morgan fingerprint density at radius 1 is 1.33 bits per heavy atom. The van der Waals surface area contributed by atoms with Crippen LogP contribution in [0.5, 0.6) is 0 Å². The van der Waals surface area contributed by atoms with Crippen LogP contribution in [-0.2, 0) is 4.79 Å². The zero-order valence-electron chi connectivity index (χ0n) is 13.4. The minimum absolute atomic E-state index is 0.114. The van der Waals surface area contributed by atoms with Gasteiger partial charge in [0.25, 0.3) is 5.91 Å². The monoisotopic (exact) mass is 371 g/mol. The summed E-state index contributed by atoms with van der Waals surface area (Å²) in [4.78, 5) is 37.2. The van der Waals surface area contributed by atoms with E-state index >= 15 is 0 Å². The van der Waals surface area contributed by atoms with Crippen LogP contribution in [0.1, 0.15) is 30.6 Å². The van der Waals surface area contributed by atoms with Crippen LogP contribution >= 0.6 is 23.2 Å². The van der Waals surface area contributed by atoms with Gasteiger partial charge in [-0.2, -0.15) is 0 Å². The Balaban J connectivity index is 1.87. The zero-order chi connectivity index (χ0) is 17.9. The van der Waals surface area contributed by atoms with Gasteiger partial charge >= 0.3 is 6.03 Å². The lowest BCUT2D eigenvalue weighted by atomic mass is 9.99. The van der Waals surface area contributed by atoms with Gasteiger partial charge in [-0.25, -0.2) is 4.79 Å². The van der Waals surface area contributed by atoms with Crippen molar-refractivity contribution in [2.75, 3.05) is 13.1 Å². The normalized spacial score (nSPS) is 17.9. The molecule has 24 heavy (non-hydrogen) atoms. The lowest BCUT2D eigenvalue weighted by molar-refractivity contribution is -0.130. The number of rotatable bonds is 5. The highest BCUT2D eigenvalue weighted by molar-refractivity contribution is 6.42. The first-order chi connectivity index (χ1) is 11.3. The Kier molecular flexibility index (Phi) is 6.07. The van der Waals surface area contributed by atoms with E-state index in [-0.39, 0.29) is 48.3 Å². The summed E-state index contributed by atoms with van der Waals surface area (Å²) < 4.78 is 0. The quantitative estimate of drug-likeness (QED) is 0.834. The number of benzene rings is 1. The summed E-state index contributed by atoms with van der Waals surface area (Å²) in [7, 11) is 0. The van der Waals surface area contributed by atoms with Crippen molar-refractivity contribution in [3.8, 4) is 0 Å². The van der Waals surface area contributed by atoms with E-state index in [1.54, 1.807) is 6.07 Å². The van der Waals surface area contributed by atoms with Crippen LogP contribution < -0.4 is 10.6 Å². The molecule has 2 N–H and O–H groups in total. The molecule has 6 nitrogen and oxygen atoms in total. The molecule has 130 valence electrons. The fourth-order valence-corrected chi connectivity index (χ4v) is 2.65. The second kappa shape index (κ2) is 7.85. The van der Waals surface area contributed by atoms with Gasteiger partial charge in [0.05, 0.1) is 10.0 Å². The second-order valence-corrected chi connectivity index (χ2v) is 6.75. The molecular formula is C16H19Cl2N3O3. The van der Waals surface area contributed by atoms with E-state index in [0.29, 0.717) is 10.6 Å². The number of hydrogen-bond donors (Lipinski definition) is 2. The van der Waals surface area contributed by atoms with Crippen LogP contribution in [0.3, 0.4) is 0 Å². The smallest absolute Gasteiger partial charge is 0.324 e. The van der Waals surface area contributed by atoms with Crippen LogP contribution in [0.15, 0.2) is 18.2 Å². The molecule has 1 saturated heterocycles. The van der Waals surface area contributed by atoms with Gasteiger partial charge in [0.15, 0.2) is 0 Å². The van der Waals surface area contributed by atoms with Crippen molar-refractivity contribution in [2.45, 2.75) is 26.3 Å². The first-order valence-electron chi connectivity index (χ1n) is 7.63. The largest absolute Gasteiger partial charge is 0.350 e. The average Bonchev–Trinajstić information content (AvgIpc) is 2.52. The molecule has 1 heterocycles. The molecule has 1 atom stereocenters. The van der Waals surface area contributed by atoms with E-state index < -0.39 is 6.03 Å². The lowest BCUT2D eigenvalue weighted by Crippen LogP contribution is -2.57. The minimum Gasteiger partial charge on any atom is -0.350 e. The van der Waals surface area contributed by atoms with Crippen LogP contribution in [0.2, 0.25) is 10.0 Å². The highest BCUT2D eigenvalue weighted by Crippen LogP contribution is 2.22. The molecule has 1 aliphatic heterocycles. The van der Waals surface area contributed by atoms with Crippen molar-refractivity contribution in [3.63, 3.8) is 0 Å². The van der Waals surface area contributed by atoms with E-state index in [4.69, 9.17) is 23.2 Å². The molecule has 0 unspecified atom stereocenters. The van der Waals surface area contributed by atoms with Gasteiger partial charge in [-0.1, -0.05) is 37.0 Å². The molecule has 0 bridgehead atoms. The Morgan fingerprint density at radius 2 is 2.04 bits per heavy atom. The molecule has 4 amide bonds. The number of carbonyl (C=O) groups excluding carboxylic acids is 3. The van der Waals surface area contributed by atoms with Crippen molar-refractivity contribution >= 4 is 41.0 Å².